The maximum absolute atomic E-state index is 12.3. The predicted octanol–water partition coefficient (Wildman–Crippen LogP) is 1.57. The quantitative estimate of drug-likeness (QED) is 0.563. The van der Waals surface area contributed by atoms with Gasteiger partial charge >= 0.3 is 5.97 Å². The lowest BCUT2D eigenvalue weighted by Gasteiger charge is -2.09. The van der Waals surface area contributed by atoms with E-state index in [-0.39, 0.29) is 11.6 Å². The van der Waals surface area contributed by atoms with E-state index in [2.05, 4.69) is 25.4 Å². The number of carboxylic acids is 1. The Labute approximate surface area is 152 Å². The van der Waals surface area contributed by atoms with E-state index in [1.54, 1.807) is 48.1 Å². The number of anilines is 1. The second-order valence-corrected chi connectivity index (χ2v) is 5.61. The SMILES string of the molecule is Cc1nccn1-c1ccc2nc(NC(=O)c3ccncc3)nn2c1C(=O)O. The second kappa shape index (κ2) is 6.33. The molecule has 10 nitrogen and oxygen atoms in total. The molecule has 0 unspecified atom stereocenters. The van der Waals surface area contributed by atoms with Gasteiger partial charge in [0.1, 0.15) is 5.82 Å². The molecule has 1 amide bonds. The van der Waals surface area contributed by atoms with E-state index < -0.39 is 11.9 Å². The van der Waals surface area contributed by atoms with E-state index in [1.165, 1.54) is 16.9 Å². The first-order chi connectivity index (χ1) is 13.0. The number of nitrogens with one attached hydrogen (secondary N) is 1. The van der Waals surface area contributed by atoms with E-state index in [9.17, 15) is 14.7 Å². The summed E-state index contributed by atoms with van der Waals surface area (Å²) in [6.45, 7) is 1.76. The first kappa shape index (κ1) is 16.4. The van der Waals surface area contributed by atoms with Gasteiger partial charge in [-0.15, -0.1) is 5.10 Å². The number of hydrogen-bond acceptors (Lipinski definition) is 6. The Morgan fingerprint density at radius 2 is 1.89 bits per heavy atom. The summed E-state index contributed by atoms with van der Waals surface area (Å²) < 4.78 is 2.82. The van der Waals surface area contributed by atoms with Crippen LogP contribution in [0.3, 0.4) is 0 Å². The number of rotatable bonds is 4. The molecule has 134 valence electrons. The molecule has 0 saturated heterocycles. The molecule has 0 bridgehead atoms. The van der Waals surface area contributed by atoms with Crippen molar-refractivity contribution >= 4 is 23.5 Å². The highest BCUT2D eigenvalue weighted by Gasteiger charge is 2.20. The van der Waals surface area contributed by atoms with Crippen LogP contribution in [0.5, 0.6) is 0 Å². The molecule has 27 heavy (non-hydrogen) atoms. The Bertz CT molecular complexity index is 1160. The number of hydrogen-bond donors (Lipinski definition) is 2. The van der Waals surface area contributed by atoms with Gasteiger partial charge in [0.2, 0.25) is 5.95 Å². The molecule has 0 radical (unpaired) electrons. The minimum absolute atomic E-state index is 0.00110. The fraction of sp³-hybridized carbons (Fsp3) is 0.0588. The van der Waals surface area contributed by atoms with Crippen LogP contribution in [0.25, 0.3) is 11.3 Å². The lowest BCUT2D eigenvalue weighted by molar-refractivity contribution is 0.0687. The third kappa shape index (κ3) is 2.88. The topological polar surface area (TPSA) is 127 Å². The highest BCUT2D eigenvalue weighted by molar-refractivity contribution is 6.03. The Kier molecular flexibility index (Phi) is 3.84. The van der Waals surface area contributed by atoms with Crippen molar-refractivity contribution in [2.24, 2.45) is 0 Å². The average molecular weight is 363 g/mol. The highest BCUT2D eigenvalue weighted by atomic mass is 16.4. The van der Waals surface area contributed by atoms with Gasteiger partial charge in [-0.05, 0) is 31.2 Å². The van der Waals surface area contributed by atoms with Gasteiger partial charge in [-0.1, -0.05) is 0 Å². The molecule has 0 aromatic carbocycles. The number of nitrogens with zero attached hydrogens (tertiary/aromatic N) is 6. The van der Waals surface area contributed by atoms with Gasteiger partial charge < -0.3 is 9.67 Å². The Morgan fingerprint density at radius 3 is 2.56 bits per heavy atom. The molecular weight excluding hydrogens is 350 g/mol. The van der Waals surface area contributed by atoms with Gasteiger partial charge in [-0.3, -0.25) is 15.1 Å². The average Bonchev–Trinajstić information content (AvgIpc) is 3.26. The van der Waals surface area contributed by atoms with E-state index in [1.807, 2.05) is 0 Å². The number of amides is 1. The van der Waals surface area contributed by atoms with Crippen LogP contribution in [0, 0.1) is 6.92 Å². The van der Waals surface area contributed by atoms with Gasteiger partial charge in [0.15, 0.2) is 11.3 Å². The summed E-state index contributed by atoms with van der Waals surface area (Å²) >= 11 is 0. The van der Waals surface area contributed by atoms with Crippen molar-refractivity contribution in [3.05, 3.63) is 66.1 Å². The van der Waals surface area contributed by atoms with Crippen LogP contribution in [0.15, 0.2) is 49.1 Å². The summed E-state index contributed by atoms with van der Waals surface area (Å²) in [4.78, 5) is 36.3. The number of aryl methyl sites for hydroxylation is 1. The normalized spacial score (nSPS) is 10.9. The fourth-order valence-corrected chi connectivity index (χ4v) is 2.69. The molecule has 0 aliphatic heterocycles. The van der Waals surface area contributed by atoms with Crippen molar-refractivity contribution in [1.82, 2.24) is 29.1 Å². The van der Waals surface area contributed by atoms with Crippen molar-refractivity contribution in [3.8, 4) is 5.69 Å². The van der Waals surface area contributed by atoms with Gasteiger partial charge in [0.25, 0.3) is 5.91 Å². The Hall–Kier alpha value is -4.08. The van der Waals surface area contributed by atoms with E-state index >= 15 is 0 Å². The monoisotopic (exact) mass is 363 g/mol. The van der Waals surface area contributed by atoms with Gasteiger partial charge in [0.05, 0.1) is 5.69 Å². The van der Waals surface area contributed by atoms with Crippen LogP contribution in [-0.4, -0.2) is 46.1 Å². The number of aromatic nitrogens is 6. The standard InChI is InChI=1S/C17H13N7O3/c1-10-19-8-9-23(10)12-2-3-13-20-17(22-24(13)14(12)16(26)27)21-15(25)11-4-6-18-7-5-11/h2-9H,1H3,(H,26,27)(H,21,22,25). The molecule has 0 saturated carbocycles. The summed E-state index contributed by atoms with van der Waals surface area (Å²) in [5, 5.41) is 16.4. The Morgan fingerprint density at radius 1 is 1.11 bits per heavy atom. The van der Waals surface area contributed by atoms with E-state index in [0.717, 1.165) is 0 Å². The number of carbonyl (C=O) groups excluding carboxylic acids is 1. The van der Waals surface area contributed by atoms with Crippen molar-refractivity contribution in [1.29, 1.82) is 0 Å². The molecule has 2 N–H and O–H groups in total. The maximum atomic E-state index is 12.3. The van der Waals surface area contributed by atoms with Crippen molar-refractivity contribution in [3.63, 3.8) is 0 Å². The van der Waals surface area contributed by atoms with Crippen LogP contribution in [0.2, 0.25) is 0 Å². The number of aromatic carboxylic acids is 1. The summed E-state index contributed by atoms with van der Waals surface area (Å²) in [6, 6.07) is 6.34. The largest absolute Gasteiger partial charge is 0.476 e. The summed E-state index contributed by atoms with van der Waals surface area (Å²) in [6.07, 6.45) is 6.22. The molecular formula is C17H13N7O3. The third-order valence-electron chi connectivity index (χ3n) is 3.93. The van der Waals surface area contributed by atoms with Gasteiger partial charge in [0, 0.05) is 30.4 Å². The lowest BCUT2D eigenvalue weighted by atomic mass is 10.2. The van der Waals surface area contributed by atoms with Gasteiger partial charge in [-0.2, -0.15) is 4.98 Å². The van der Waals surface area contributed by atoms with Crippen LogP contribution in [0.1, 0.15) is 26.7 Å². The lowest BCUT2D eigenvalue weighted by Crippen LogP contribution is -2.14. The van der Waals surface area contributed by atoms with Crippen LogP contribution < -0.4 is 5.32 Å². The fourth-order valence-electron chi connectivity index (χ4n) is 2.69. The molecule has 0 atom stereocenters. The molecule has 4 aromatic heterocycles. The highest BCUT2D eigenvalue weighted by Crippen LogP contribution is 2.19. The molecule has 0 fully saturated rings. The number of imidazole rings is 1. The smallest absolute Gasteiger partial charge is 0.356 e. The molecule has 10 heteroatoms. The first-order valence-electron chi connectivity index (χ1n) is 7.89. The van der Waals surface area contributed by atoms with E-state index in [4.69, 9.17) is 0 Å². The molecule has 4 rings (SSSR count). The summed E-state index contributed by atoms with van der Waals surface area (Å²) in [7, 11) is 0. The van der Waals surface area contributed by atoms with Crippen LogP contribution in [0.4, 0.5) is 5.95 Å². The second-order valence-electron chi connectivity index (χ2n) is 5.61. The summed E-state index contributed by atoms with van der Waals surface area (Å²) in [5.41, 5.74) is 0.975. The zero-order chi connectivity index (χ0) is 19.0. The first-order valence-corrected chi connectivity index (χ1v) is 7.89. The van der Waals surface area contributed by atoms with Crippen molar-refractivity contribution in [2.45, 2.75) is 6.92 Å². The maximum Gasteiger partial charge on any atom is 0.356 e. The summed E-state index contributed by atoms with van der Waals surface area (Å²) in [5.74, 6) is -0.974. The molecule has 0 spiro atoms. The zero-order valence-corrected chi connectivity index (χ0v) is 14.1. The zero-order valence-electron chi connectivity index (χ0n) is 14.1. The minimum atomic E-state index is -1.18. The van der Waals surface area contributed by atoms with Crippen molar-refractivity contribution < 1.29 is 14.7 Å². The molecule has 4 heterocycles. The number of carbonyl (C=O) groups is 2. The molecule has 4 aromatic rings. The number of carboxylic acid groups (broad SMARTS) is 1. The third-order valence-corrected chi connectivity index (χ3v) is 3.93. The van der Waals surface area contributed by atoms with Crippen molar-refractivity contribution in [2.75, 3.05) is 5.32 Å². The molecule has 0 aliphatic rings. The Balaban J connectivity index is 1.78. The molecule has 0 aliphatic carbocycles. The predicted molar refractivity (Wildman–Crippen MR) is 94.0 cm³/mol. The van der Waals surface area contributed by atoms with Crippen LogP contribution >= 0.6 is 0 Å². The van der Waals surface area contributed by atoms with Crippen LogP contribution in [-0.2, 0) is 0 Å². The van der Waals surface area contributed by atoms with Gasteiger partial charge in [-0.25, -0.2) is 14.3 Å². The van der Waals surface area contributed by atoms with E-state index in [0.29, 0.717) is 22.7 Å². The number of pyridine rings is 2. The number of fused-ring (bicyclic) bond motifs is 1. The minimum Gasteiger partial charge on any atom is -0.476 e.